The number of benzene rings is 1. The third-order valence-corrected chi connectivity index (χ3v) is 5.19. The van der Waals surface area contributed by atoms with Crippen LogP contribution in [0, 0.1) is 0 Å². The number of nitrogens with one attached hydrogen (secondary N) is 1. The first-order valence-corrected chi connectivity index (χ1v) is 8.07. The van der Waals surface area contributed by atoms with Crippen molar-refractivity contribution in [1.29, 1.82) is 0 Å². The fourth-order valence-corrected chi connectivity index (χ4v) is 2.99. The molecule has 0 aliphatic rings. The van der Waals surface area contributed by atoms with E-state index in [2.05, 4.69) is 5.32 Å². The largest absolute Gasteiger partial charge is 0.313 e. The van der Waals surface area contributed by atoms with Gasteiger partial charge >= 0.3 is 0 Å². The lowest BCUT2D eigenvalue weighted by Crippen LogP contribution is -2.41. The Bertz CT molecular complexity index is 471. The van der Waals surface area contributed by atoms with Crippen LogP contribution in [0.25, 0.3) is 0 Å². The topological polar surface area (TPSA) is 49.4 Å². The predicted molar refractivity (Wildman–Crippen MR) is 79.4 cm³/mol. The molecule has 19 heavy (non-hydrogen) atoms. The molecule has 0 saturated heterocycles. The van der Waals surface area contributed by atoms with E-state index in [0.29, 0.717) is 13.1 Å². The van der Waals surface area contributed by atoms with E-state index in [1.54, 1.807) is 14.0 Å². The summed E-state index contributed by atoms with van der Waals surface area (Å²) in [5.41, 5.74) is 0.998. The molecule has 1 atom stereocenters. The number of nitrogens with zero attached hydrogens (tertiary/aromatic N) is 1. The van der Waals surface area contributed by atoms with Crippen molar-refractivity contribution in [3.63, 3.8) is 0 Å². The third-order valence-electron chi connectivity index (χ3n) is 3.00. The van der Waals surface area contributed by atoms with E-state index < -0.39 is 15.3 Å². The van der Waals surface area contributed by atoms with Gasteiger partial charge in [0.2, 0.25) is 10.0 Å². The summed E-state index contributed by atoms with van der Waals surface area (Å²) < 4.78 is 26.1. The van der Waals surface area contributed by atoms with Crippen molar-refractivity contribution >= 4 is 10.0 Å². The van der Waals surface area contributed by atoms with Gasteiger partial charge in [0, 0.05) is 26.2 Å². The molecule has 108 valence electrons. The molecule has 1 N–H and O–H groups in total. The molecule has 1 rings (SSSR count). The van der Waals surface area contributed by atoms with E-state index in [0.717, 1.165) is 5.56 Å². The summed E-state index contributed by atoms with van der Waals surface area (Å²) in [6.45, 7) is 6.64. The van der Waals surface area contributed by atoms with E-state index in [4.69, 9.17) is 0 Å². The van der Waals surface area contributed by atoms with E-state index in [-0.39, 0.29) is 6.04 Å². The molecule has 0 heterocycles. The van der Waals surface area contributed by atoms with E-state index in [9.17, 15) is 8.42 Å². The Morgan fingerprint density at radius 3 is 2.26 bits per heavy atom. The maximum Gasteiger partial charge on any atom is 0.218 e. The van der Waals surface area contributed by atoms with Crippen LogP contribution in [0.1, 0.15) is 26.3 Å². The van der Waals surface area contributed by atoms with Crippen LogP contribution in [0.3, 0.4) is 0 Å². The molecule has 4 nitrogen and oxygen atoms in total. The summed E-state index contributed by atoms with van der Waals surface area (Å²) >= 11 is 0. The molecule has 1 aromatic rings. The highest BCUT2D eigenvalue weighted by Gasteiger charge is 2.25. The van der Waals surface area contributed by atoms with Gasteiger partial charge in [-0.2, -0.15) is 0 Å². The average Bonchev–Trinajstić information content (AvgIpc) is 2.36. The Morgan fingerprint density at radius 2 is 1.74 bits per heavy atom. The number of hydrogen-bond donors (Lipinski definition) is 1. The van der Waals surface area contributed by atoms with Gasteiger partial charge in [-0.15, -0.1) is 0 Å². The van der Waals surface area contributed by atoms with Crippen molar-refractivity contribution < 1.29 is 8.42 Å². The van der Waals surface area contributed by atoms with Gasteiger partial charge in [0.25, 0.3) is 0 Å². The first-order valence-electron chi connectivity index (χ1n) is 6.56. The molecule has 0 aromatic heterocycles. The zero-order valence-corrected chi connectivity index (χ0v) is 12.9. The summed E-state index contributed by atoms with van der Waals surface area (Å²) in [4.78, 5) is 0. The van der Waals surface area contributed by atoms with Crippen LogP contribution >= 0.6 is 0 Å². The van der Waals surface area contributed by atoms with Gasteiger partial charge < -0.3 is 5.32 Å². The fraction of sp³-hybridized carbons (Fsp3) is 0.571. The Morgan fingerprint density at radius 1 is 1.16 bits per heavy atom. The minimum atomic E-state index is -3.26. The standard InChI is InChI=1S/C14H24N2O2S/c1-12(2)15-10-13(3)19(17,18)16(4)11-14-8-6-5-7-9-14/h5-9,12-13,15H,10-11H2,1-4H3. The number of rotatable bonds is 7. The minimum Gasteiger partial charge on any atom is -0.313 e. The second-order valence-corrected chi connectivity index (χ2v) is 7.62. The maximum absolute atomic E-state index is 12.3. The highest BCUT2D eigenvalue weighted by molar-refractivity contribution is 7.89. The van der Waals surface area contributed by atoms with Crippen LogP contribution in [0.4, 0.5) is 0 Å². The summed E-state index contributed by atoms with van der Waals surface area (Å²) in [5.74, 6) is 0. The molecular weight excluding hydrogens is 260 g/mol. The molecule has 0 radical (unpaired) electrons. The second kappa shape index (κ2) is 7.03. The molecule has 1 unspecified atom stereocenters. The van der Waals surface area contributed by atoms with Crippen LogP contribution in [-0.2, 0) is 16.6 Å². The molecule has 0 fully saturated rings. The van der Waals surface area contributed by atoms with Gasteiger partial charge in [0.05, 0.1) is 5.25 Å². The van der Waals surface area contributed by atoms with Gasteiger partial charge in [0.1, 0.15) is 0 Å². The van der Waals surface area contributed by atoms with Crippen LogP contribution < -0.4 is 5.32 Å². The smallest absolute Gasteiger partial charge is 0.218 e. The van der Waals surface area contributed by atoms with Crippen molar-refractivity contribution in [2.75, 3.05) is 13.6 Å². The van der Waals surface area contributed by atoms with Crippen LogP contribution in [0.15, 0.2) is 30.3 Å². The normalized spacial score (nSPS) is 14.0. The Hall–Kier alpha value is -0.910. The van der Waals surface area contributed by atoms with E-state index >= 15 is 0 Å². The highest BCUT2D eigenvalue weighted by atomic mass is 32.2. The lowest BCUT2D eigenvalue weighted by molar-refractivity contribution is 0.450. The van der Waals surface area contributed by atoms with Gasteiger partial charge in [0.15, 0.2) is 0 Å². The Labute approximate surface area is 116 Å². The monoisotopic (exact) mass is 284 g/mol. The zero-order chi connectivity index (χ0) is 14.5. The van der Waals surface area contributed by atoms with Gasteiger partial charge in [-0.1, -0.05) is 44.2 Å². The SMILES string of the molecule is CC(C)NCC(C)S(=O)(=O)N(C)Cc1ccccc1. The average molecular weight is 284 g/mol. The van der Waals surface area contributed by atoms with E-state index in [1.165, 1.54) is 4.31 Å². The molecule has 0 amide bonds. The van der Waals surface area contributed by atoms with Crippen molar-refractivity contribution in [2.45, 2.75) is 38.6 Å². The van der Waals surface area contributed by atoms with Gasteiger partial charge in [-0.05, 0) is 12.5 Å². The molecule has 0 aliphatic carbocycles. The van der Waals surface area contributed by atoms with Crippen molar-refractivity contribution in [3.05, 3.63) is 35.9 Å². The van der Waals surface area contributed by atoms with Crippen LogP contribution in [0.2, 0.25) is 0 Å². The molecule has 1 aromatic carbocycles. The van der Waals surface area contributed by atoms with Crippen LogP contribution in [-0.4, -0.2) is 37.6 Å². The van der Waals surface area contributed by atoms with Crippen molar-refractivity contribution in [1.82, 2.24) is 9.62 Å². The Kier molecular flexibility index (Phi) is 5.97. The minimum absolute atomic E-state index is 0.289. The summed E-state index contributed by atoms with van der Waals surface area (Å²) in [5, 5.41) is 2.74. The summed E-state index contributed by atoms with van der Waals surface area (Å²) in [6.07, 6.45) is 0. The Balaban J connectivity index is 2.66. The maximum atomic E-state index is 12.3. The quantitative estimate of drug-likeness (QED) is 0.831. The molecule has 0 aliphatic heterocycles. The first kappa shape index (κ1) is 16.1. The van der Waals surface area contributed by atoms with Gasteiger partial charge in [-0.3, -0.25) is 0 Å². The second-order valence-electron chi connectivity index (χ2n) is 5.16. The summed E-state index contributed by atoms with van der Waals surface area (Å²) in [7, 11) is -1.63. The third kappa shape index (κ3) is 4.93. The molecule has 0 spiro atoms. The van der Waals surface area contributed by atoms with E-state index in [1.807, 2.05) is 44.2 Å². The van der Waals surface area contributed by atoms with Gasteiger partial charge in [-0.25, -0.2) is 12.7 Å². The lowest BCUT2D eigenvalue weighted by atomic mass is 10.2. The molecule has 5 heteroatoms. The first-order chi connectivity index (χ1) is 8.84. The highest BCUT2D eigenvalue weighted by Crippen LogP contribution is 2.11. The number of hydrogen-bond acceptors (Lipinski definition) is 3. The molecule has 0 bridgehead atoms. The molecular formula is C14H24N2O2S. The molecule has 0 saturated carbocycles. The van der Waals surface area contributed by atoms with Crippen molar-refractivity contribution in [2.24, 2.45) is 0 Å². The van der Waals surface area contributed by atoms with Crippen molar-refractivity contribution in [3.8, 4) is 0 Å². The lowest BCUT2D eigenvalue weighted by Gasteiger charge is -2.23. The zero-order valence-electron chi connectivity index (χ0n) is 12.1. The van der Waals surface area contributed by atoms with Crippen LogP contribution in [0.5, 0.6) is 0 Å². The number of sulfonamides is 1. The fourth-order valence-electron chi connectivity index (χ4n) is 1.74. The summed E-state index contributed by atoms with van der Waals surface area (Å²) in [6, 6.07) is 9.91. The predicted octanol–water partition coefficient (Wildman–Crippen LogP) is 1.83.